The van der Waals surface area contributed by atoms with Gasteiger partial charge >= 0.3 is 5.97 Å². The number of ketones is 1. The summed E-state index contributed by atoms with van der Waals surface area (Å²) in [6.07, 6.45) is 0.624. The zero-order chi connectivity index (χ0) is 20.4. The number of hydrogen-bond acceptors (Lipinski definition) is 5. The first-order valence-electron chi connectivity index (χ1n) is 8.62. The minimum absolute atomic E-state index is 0.0995. The summed E-state index contributed by atoms with van der Waals surface area (Å²) < 4.78 is 26.8. The number of benzene rings is 1. The molecule has 0 unspecified atom stereocenters. The Labute approximate surface area is 158 Å². The van der Waals surface area contributed by atoms with Crippen LogP contribution < -0.4 is 5.32 Å². The number of amides is 1. The van der Waals surface area contributed by atoms with Gasteiger partial charge in [-0.15, -0.1) is 0 Å². The van der Waals surface area contributed by atoms with Gasteiger partial charge < -0.3 is 10.4 Å². The fraction of sp³-hybridized carbons (Fsp3) is 0.500. The Morgan fingerprint density at radius 2 is 1.63 bits per heavy atom. The number of piperidine rings is 1. The van der Waals surface area contributed by atoms with E-state index in [4.69, 9.17) is 5.11 Å². The van der Waals surface area contributed by atoms with Crippen molar-refractivity contribution in [2.24, 2.45) is 5.92 Å². The number of nitrogens with one attached hydrogen (secondary N) is 1. The molecule has 2 rings (SSSR count). The molecule has 1 aliphatic rings. The van der Waals surface area contributed by atoms with E-state index in [-0.39, 0.29) is 29.7 Å². The number of nitrogens with zero attached hydrogens (tertiary/aromatic N) is 1. The summed E-state index contributed by atoms with van der Waals surface area (Å²) in [6, 6.07) is 5.76. The highest BCUT2D eigenvalue weighted by atomic mass is 32.2. The number of sulfonamides is 1. The van der Waals surface area contributed by atoms with Gasteiger partial charge in [-0.05, 0) is 45.7 Å². The van der Waals surface area contributed by atoms with E-state index in [0.29, 0.717) is 18.4 Å². The molecular weight excluding hydrogens is 372 g/mol. The number of Topliss-reactive ketones (excluding diaryl/α,β-unsaturated/α-hetero) is 1. The molecule has 0 aromatic heterocycles. The lowest BCUT2D eigenvalue weighted by molar-refractivity contribution is -0.146. The fourth-order valence-electron chi connectivity index (χ4n) is 2.83. The molecule has 0 aliphatic carbocycles. The standard InChI is InChI=1S/C18H24N2O6S/c1-12(21)13-4-6-15(7-5-13)27(25,26)20-10-8-14(9-11-20)16(22)19-18(2,3)17(23)24/h4-7,14H,8-11H2,1-3H3,(H,19,22)(H,23,24). The van der Waals surface area contributed by atoms with Crippen molar-refractivity contribution in [3.63, 3.8) is 0 Å². The monoisotopic (exact) mass is 396 g/mol. The first-order chi connectivity index (χ1) is 12.4. The van der Waals surface area contributed by atoms with E-state index in [1.165, 1.54) is 49.3 Å². The summed E-state index contributed by atoms with van der Waals surface area (Å²) in [5, 5.41) is 11.6. The normalized spacial score (nSPS) is 16.7. The van der Waals surface area contributed by atoms with Gasteiger partial charge in [0.15, 0.2) is 5.78 Å². The Balaban J connectivity index is 2.02. The molecule has 1 aromatic carbocycles. The maximum Gasteiger partial charge on any atom is 0.328 e. The smallest absolute Gasteiger partial charge is 0.328 e. The molecule has 1 aliphatic heterocycles. The van der Waals surface area contributed by atoms with Crippen LogP contribution in [0.1, 0.15) is 44.0 Å². The molecule has 0 bridgehead atoms. The van der Waals surface area contributed by atoms with Gasteiger partial charge in [0, 0.05) is 24.6 Å². The Morgan fingerprint density at radius 1 is 1.11 bits per heavy atom. The maximum atomic E-state index is 12.7. The zero-order valence-electron chi connectivity index (χ0n) is 15.6. The Kier molecular flexibility index (Phi) is 6.06. The molecule has 1 heterocycles. The molecule has 1 amide bonds. The number of aliphatic carboxylic acids is 1. The van der Waals surface area contributed by atoms with Crippen molar-refractivity contribution in [2.75, 3.05) is 13.1 Å². The number of carbonyl (C=O) groups is 3. The Bertz CT molecular complexity index is 837. The molecule has 2 N–H and O–H groups in total. The summed E-state index contributed by atoms with van der Waals surface area (Å²) >= 11 is 0. The number of carboxylic acids is 1. The first-order valence-corrected chi connectivity index (χ1v) is 10.1. The van der Waals surface area contributed by atoms with Gasteiger partial charge in [0.1, 0.15) is 5.54 Å². The Hall–Kier alpha value is -2.26. The van der Waals surface area contributed by atoms with Crippen molar-refractivity contribution >= 4 is 27.7 Å². The average molecular weight is 396 g/mol. The average Bonchev–Trinajstić information content (AvgIpc) is 2.61. The summed E-state index contributed by atoms with van der Waals surface area (Å²) in [5.74, 6) is -2.10. The molecule has 148 valence electrons. The molecule has 27 heavy (non-hydrogen) atoms. The summed E-state index contributed by atoms with van der Waals surface area (Å²) in [6.45, 7) is 4.55. The number of hydrogen-bond donors (Lipinski definition) is 2. The third-order valence-electron chi connectivity index (χ3n) is 4.69. The summed E-state index contributed by atoms with van der Waals surface area (Å²) in [4.78, 5) is 34.8. The maximum absolute atomic E-state index is 12.7. The van der Waals surface area contributed by atoms with Gasteiger partial charge in [-0.2, -0.15) is 4.31 Å². The van der Waals surface area contributed by atoms with E-state index in [0.717, 1.165) is 0 Å². The Morgan fingerprint density at radius 3 is 2.07 bits per heavy atom. The quantitative estimate of drug-likeness (QED) is 0.699. The first kappa shape index (κ1) is 21.0. The van der Waals surface area contributed by atoms with Crippen LogP contribution in [0.2, 0.25) is 0 Å². The molecule has 1 saturated heterocycles. The topological polar surface area (TPSA) is 121 Å². The lowest BCUT2D eigenvalue weighted by Gasteiger charge is -2.32. The predicted molar refractivity (Wildman–Crippen MR) is 97.8 cm³/mol. The SMILES string of the molecule is CC(=O)c1ccc(S(=O)(=O)N2CCC(C(=O)NC(C)(C)C(=O)O)CC2)cc1. The van der Waals surface area contributed by atoms with Crippen molar-refractivity contribution < 1.29 is 27.9 Å². The molecule has 0 atom stereocenters. The molecule has 1 fully saturated rings. The largest absolute Gasteiger partial charge is 0.480 e. The highest BCUT2D eigenvalue weighted by molar-refractivity contribution is 7.89. The lowest BCUT2D eigenvalue weighted by Crippen LogP contribution is -2.53. The molecule has 0 spiro atoms. The third-order valence-corrected chi connectivity index (χ3v) is 6.61. The molecular formula is C18H24N2O6S. The van der Waals surface area contributed by atoms with E-state index in [1.54, 1.807) is 0 Å². The van der Waals surface area contributed by atoms with E-state index >= 15 is 0 Å². The second-order valence-electron chi connectivity index (χ2n) is 7.18. The van der Waals surface area contributed by atoms with Gasteiger partial charge in [0.2, 0.25) is 15.9 Å². The lowest BCUT2D eigenvalue weighted by atomic mass is 9.95. The van der Waals surface area contributed by atoms with Crippen LogP contribution >= 0.6 is 0 Å². The number of rotatable bonds is 6. The second kappa shape index (κ2) is 7.77. The van der Waals surface area contributed by atoms with E-state index < -0.39 is 27.4 Å². The van der Waals surface area contributed by atoms with Crippen molar-refractivity contribution in [2.45, 2.75) is 44.0 Å². The molecule has 0 radical (unpaired) electrons. The molecule has 9 heteroatoms. The highest BCUT2D eigenvalue weighted by Crippen LogP contribution is 2.25. The third kappa shape index (κ3) is 4.72. The number of carboxylic acid groups (broad SMARTS) is 1. The van der Waals surface area contributed by atoms with E-state index in [1.807, 2.05) is 0 Å². The van der Waals surface area contributed by atoms with Crippen LogP contribution in [0.3, 0.4) is 0 Å². The van der Waals surface area contributed by atoms with Gasteiger partial charge in [0.25, 0.3) is 0 Å². The summed E-state index contributed by atoms with van der Waals surface area (Å²) in [5.41, 5.74) is -0.941. The summed E-state index contributed by atoms with van der Waals surface area (Å²) in [7, 11) is -3.71. The van der Waals surface area contributed by atoms with Crippen LogP contribution in [0.5, 0.6) is 0 Å². The highest BCUT2D eigenvalue weighted by Gasteiger charge is 2.35. The van der Waals surface area contributed by atoms with Gasteiger partial charge in [0.05, 0.1) is 4.90 Å². The molecule has 0 saturated carbocycles. The zero-order valence-corrected chi connectivity index (χ0v) is 16.4. The van der Waals surface area contributed by atoms with Crippen molar-refractivity contribution in [3.05, 3.63) is 29.8 Å². The van der Waals surface area contributed by atoms with E-state index in [2.05, 4.69) is 5.32 Å². The predicted octanol–water partition coefficient (Wildman–Crippen LogP) is 1.27. The molecule has 8 nitrogen and oxygen atoms in total. The van der Waals surface area contributed by atoms with Crippen LogP contribution in [-0.2, 0) is 19.6 Å². The van der Waals surface area contributed by atoms with Crippen molar-refractivity contribution in [1.29, 1.82) is 0 Å². The van der Waals surface area contributed by atoms with Crippen molar-refractivity contribution in [1.82, 2.24) is 9.62 Å². The van der Waals surface area contributed by atoms with Gasteiger partial charge in [-0.3, -0.25) is 9.59 Å². The van der Waals surface area contributed by atoms with Crippen LogP contribution in [0.25, 0.3) is 0 Å². The minimum Gasteiger partial charge on any atom is -0.480 e. The van der Waals surface area contributed by atoms with E-state index in [9.17, 15) is 22.8 Å². The van der Waals surface area contributed by atoms with Gasteiger partial charge in [-0.1, -0.05) is 12.1 Å². The van der Waals surface area contributed by atoms with Crippen LogP contribution in [0.15, 0.2) is 29.2 Å². The van der Waals surface area contributed by atoms with Crippen LogP contribution in [0, 0.1) is 5.92 Å². The minimum atomic E-state index is -3.71. The van der Waals surface area contributed by atoms with Gasteiger partial charge in [-0.25, -0.2) is 13.2 Å². The van der Waals surface area contributed by atoms with Crippen LogP contribution in [-0.4, -0.2) is 54.1 Å². The number of carbonyl (C=O) groups excluding carboxylic acids is 2. The fourth-order valence-corrected chi connectivity index (χ4v) is 4.30. The molecule has 1 aromatic rings. The van der Waals surface area contributed by atoms with Crippen molar-refractivity contribution in [3.8, 4) is 0 Å². The second-order valence-corrected chi connectivity index (χ2v) is 9.12. The van der Waals surface area contributed by atoms with Crippen LogP contribution in [0.4, 0.5) is 0 Å².